The van der Waals surface area contributed by atoms with Gasteiger partial charge < -0.3 is 4.90 Å². The first-order chi connectivity index (χ1) is 9.24. The maximum atomic E-state index is 2.81. The van der Waals surface area contributed by atoms with Crippen LogP contribution in [0.25, 0.3) is 0 Å². The molecule has 0 aromatic heterocycles. The van der Waals surface area contributed by atoms with Crippen LogP contribution in [0.15, 0.2) is 11.6 Å². The molecule has 3 atom stereocenters. The Morgan fingerprint density at radius 2 is 1.89 bits per heavy atom. The molecule has 3 unspecified atom stereocenters. The molecule has 1 nitrogen and oxygen atoms in total. The van der Waals surface area contributed by atoms with Gasteiger partial charge in [-0.25, -0.2) is 0 Å². The van der Waals surface area contributed by atoms with Crippen LogP contribution in [0.4, 0.5) is 0 Å². The van der Waals surface area contributed by atoms with Gasteiger partial charge in [-0.05, 0) is 68.6 Å². The first-order valence-corrected chi connectivity index (χ1v) is 8.64. The van der Waals surface area contributed by atoms with Crippen molar-refractivity contribution in [1.29, 1.82) is 0 Å². The van der Waals surface area contributed by atoms with Crippen LogP contribution in [-0.4, -0.2) is 24.5 Å². The summed E-state index contributed by atoms with van der Waals surface area (Å²) in [7, 11) is 0. The number of nitrogens with zero attached hydrogens (tertiary/aromatic N) is 1. The van der Waals surface area contributed by atoms with Gasteiger partial charge in [0.15, 0.2) is 0 Å². The Kier molecular flexibility index (Phi) is 4.31. The van der Waals surface area contributed by atoms with Gasteiger partial charge in [-0.2, -0.15) is 0 Å². The minimum absolute atomic E-state index is 0.969. The molecule has 19 heavy (non-hydrogen) atoms. The molecule has 0 aromatic carbocycles. The van der Waals surface area contributed by atoms with E-state index in [1.54, 1.807) is 5.57 Å². The minimum Gasteiger partial charge on any atom is -0.302 e. The predicted molar refractivity (Wildman–Crippen MR) is 82.2 cm³/mol. The summed E-state index contributed by atoms with van der Waals surface area (Å²) >= 11 is 0. The molecule has 1 saturated carbocycles. The second-order valence-electron chi connectivity index (χ2n) is 7.51. The van der Waals surface area contributed by atoms with Gasteiger partial charge in [0, 0.05) is 19.6 Å². The van der Waals surface area contributed by atoms with E-state index < -0.39 is 0 Å². The van der Waals surface area contributed by atoms with Gasteiger partial charge in [-0.1, -0.05) is 25.5 Å². The molecule has 2 aliphatic carbocycles. The van der Waals surface area contributed by atoms with E-state index in [1.807, 2.05) is 0 Å². The molecule has 0 spiro atoms. The van der Waals surface area contributed by atoms with Gasteiger partial charge in [0.25, 0.3) is 0 Å². The zero-order valence-corrected chi connectivity index (χ0v) is 12.9. The number of fused-ring (bicyclic) bond motifs is 1. The lowest BCUT2D eigenvalue weighted by Gasteiger charge is -2.24. The Bertz CT molecular complexity index is 319. The van der Waals surface area contributed by atoms with Crippen LogP contribution in [-0.2, 0) is 0 Å². The Morgan fingerprint density at radius 3 is 2.58 bits per heavy atom. The van der Waals surface area contributed by atoms with Crippen molar-refractivity contribution in [3.63, 3.8) is 0 Å². The SMILES string of the molecule is CCC1=CCCC(CN2CC3CC(C)CC3C2)CC1. The minimum atomic E-state index is 0.969. The van der Waals surface area contributed by atoms with Crippen molar-refractivity contribution >= 4 is 0 Å². The average molecular weight is 261 g/mol. The van der Waals surface area contributed by atoms with Crippen molar-refractivity contribution in [3.8, 4) is 0 Å². The smallest absolute Gasteiger partial charge is 0.00131 e. The van der Waals surface area contributed by atoms with Gasteiger partial charge in [0.05, 0.1) is 0 Å². The Balaban J connectivity index is 1.46. The second kappa shape index (κ2) is 5.99. The summed E-state index contributed by atoms with van der Waals surface area (Å²) in [6.45, 7) is 8.99. The first-order valence-electron chi connectivity index (χ1n) is 8.64. The number of rotatable bonds is 3. The number of hydrogen-bond donors (Lipinski definition) is 0. The molecule has 1 heterocycles. The maximum absolute atomic E-state index is 2.81. The highest BCUT2D eigenvalue weighted by atomic mass is 15.2. The van der Waals surface area contributed by atoms with Crippen molar-refractivity contribution in [1.82, 2.24) is 4.90 Å². The first kappa shape index (κ1) is 13.7. The van der Waals surface area contributed by atoms with E-state index in [9.17, 15) is 0 Å². The molecule has 1 aliphatic heterocycles. The summed E-state index contributed by atoms with van der Waals surface area (Å²) in [4.78, 5) is 2.81. The molecule has 3 rings (SSSR count). The van der Waals surface area contributed by atoms with Crippen molar-refractivity contribution in [2.45, 2.75) is 58.8 Å². The van der Waals surface area contributed by atoms with Gasteiger partial charge >= 0.3 is 0 Å². The Hall–Kier alpha value is -0.300. The fraction of sp³-hybridized carbons (Fsp3) is 0.889. The lowest BCUT2D eigenvalue weighted by molar-refractivity contribution is 0.241. The van der Waals surface area contributed by atoms with E-state index in [2.05, 4.69) is 24.8 Å². The molecular formula is C18H31N. The van der Waals surface area contributed by atoms with Crippen LogP contribution in [0.5, 0.6) is 0 Å². The highest BCUT2D eigenvalue weighted by molar-refractivity contribution is 5.03. The van der Waals surface area contributed by atoms with Crippen LogP contribution < -0.4 is 0 Å². The third-order valence-corrected chi connectivity index (χ3v) is 5.91. The third kappa shape index (κ3) is 3.24. The highest BCUT2D eigenvalue weighted by Gasteiger charge is 2.39. The van der Waals surface area contributed by atoms with Gasteiger partial charge in [0.1, 0.15) is 0 Å². The Labute approximate surface area is 119 Å². The normalized spacial score (nSPS) is 40.0. The molecule has 2 fully saturated rings. The molecule has 0 N–H and O–H groups in total. The van der Waals surface area contributed by atoms with Crippen LogP contribution in [0.3, 0.4) is 0 Å². The van der Waals surface area contributed by atoms with Crippen molar-refractivity contribution in [2.75, 3.05) is 19.6 Å². The van der Waals surface area contributed by atoms with Crippen molar-refractivity contribution in [3.05, 3.63) is 11.6 Å². The zero-order chi connectivity index (χ0) is 13.2. The topological polar surface area (TPSA) is 3.24 Å². The highest BCUT2D eigenvalue weighted by Crippen LogP contribution is 2.41. The van der Waals surface area contributed by atoms with E-state index in [1.165, 1.54) is 64.6 Å². The monoisotopic (exact) mass is 261 g/mol. The van der Waals surface area contributed by atoms with E-state index in [4.69, 9.17) is 0 Å². The Morgan fingerprint density at radius 1 is 1.16 bits per heavy atom. The summed E-state index contributed by atoms with van der Waals surface area (Å²) in [6, 6.07) is 0. The predicted octanol–water partition coefficient (Wildman–Crippen LogP) is 4.49. The summed E-state index contributed by atoms with van der Waals surface area (Å²) in [5.74, 6) is 4.07. The van der Waals surface area contributed by atoms with E-state index in [0.29, 0.717) is 0 Å². The lowest BCUT2D eigenvalue weighted by atomic mass is 9.98. The lowest BCUT2D eigenvalue weighted by Crippen LogP contribution is -2.28. The van der Waals surface area contributed by atoms with Crippen molar-refractivity contribution < 1.29 is 0 Å². The fourth-order valence-electron chi connectivity index (χ4n) is 4.88. The van der Waals surface area contributed by atoms with Crippen LogP contribution >= 0.6 is 0 Å². The second-order valence-corrected chi connectivity index (χ2v) is 7.51. The van der Waals surface area contributed by atoms with Crippen LogP contribution in [0.2, 0.25) is 0 Å². The quantitative estimate of drug-likeness (QED) is 0.677. The molecule has 1 saturated heterocycles. The molecule has 0 aromatic rings. The average Bonchev–Trinajstić information content (AvgIpc) is 2.80. The van der Waals surface area contributed by atoms with E-state index in [-0.39, 0.29) is 0 Å². The van der Waals surface area contributed by atoms with Gasteiger partial charge in [0.2, 0.25) is 0 Å². The summed E-state index contributed by atoms with van der Waals surface area (Å²) in [6.07, 6.45) is 12.4. The third-order valence-electron chi connectivity index (χ3n) is 5.91. The molecule has 0 bridgehead atoms. The van der Waals surface area contributed by atoms with E-state index >= 15 is 0 Å². The molecule has 0 amide bonds. The molecule has 1 heteroatoms. The van der Waals surface area contributed by atoms with Crippen LogP contribution in [0, 0.1) is 23.7 Å². The maximum Gasteiger partial charge on any atom is 0.00131 e. The standard InChI is InChI=1S/C18H31N/c1-3-15-5-4-6-16(8-7-15)11-19-12-17-9-14(2)10-18(17)13-19/h5,14,16-18H,3-4,6-13H2,1-2H3. The molecule has 3 aliphatic rings. The number of hydrogen-bond acceptors (Lipinski definition) is 1. The van der Waals surface area contributed by atoms with Gasteiger partial charge in [-0.3, -0.25) is 0 Å². The summed E-state index contributed by atoms with van der Waals surface area (Å²) in [5, 5.41) is 0. The largest absolute Gasteiger partial charge is 0.302 e. The zero-order valence-electron chi connectivity index (χ0n) is 12.9. The summed E-state index contributed by atoms with van der Waals surface area (Å²) < 4.78 is 0. The fourth-order valence-corrected chi connectivity index (χ4v) is 4.88. The van der Waals surface area contributed by atoms with Crippen LogP contribution in [0.1, 0.15) is 58.8 Å². The van der Waals surface area contributed by atoms with Gasteiger partial charge in [-0.15, -0.1) is 0 Å². The summed E-state index contributed by atoms with van der Waals surface area (Å²) in [5.41, 5.74) is 1.72. The van der Waals surface area contributed by atoms with E-state index in [0.717, 1.165) is 23.7 Å². The number of allylic oxidation sites excluding steroid dienone is 2. The molecule has 0 radical (unpaired) electrons. The van der Waals surface area contributed by atoms with Crippen molar-refractivity contribution in [2.24, 2.45) is 23.7 Å². The molecular weight excluding hydrogens is 230 g/mol. The number of likely N-dealkylation sites (tertiary alicyclic amines) is 1. The molecule has 108 valence electrons.